The number of hydrogen-bond donors (Lipinski definition) is 0. The van der Waals surface area contributed by atoms with Crippen LogP contribution in [-0.2, 0) is 17.7 Å². The number of ketones is 1. The van der Waals surface area contributed by atoms with Crippen molar-refractivity contribution < 1.29 is 28.5 Å². The van der Waals surface area contributed by atoms with Gasteiger partial charge in [0.25, 0.3) is 0 Å². The molecule has 0 spiro atoms. The molecule has 7 nitrogen and oxygen atoms in total. The van der Waals surface area contributed by atoms with E-state index >= 15 is 0 Å². The summed E-state index contributed by atoms with van der Waals surface area (Å²) in [7, 11) is 4.40. The van der Waals surface area contributed by atoms with Gasteiger partial charge in [0.05, 0.1) is 26.9 Å². The van der Waals surface area contributed by atoms with Crippen LogP contribution in [0.4, 0.5) is 0 Å². The van der Waals surface area contributed by atoms with E-state index in [0.717, 1.165) is 24.4 Å². The van der Waals surface area contributed by atoms with Crippen LogP contribution in [0.3, 0.4) is 0 Å². The summed E-state index contributed by atoms with van der Waals surface area (Å²) in [5, 5.41) is 2.06. The molecule has 2 aromatic heterocycles. The van der Waals surface area contributed by atoms with Gasteiger partial charge in [-0.25, -0.2) is 4.79 Å². The molecular weight excluding hydrogens is 430 g/mol. The van der Waals surface area contributed by atoms with Gasteiger partial charge in [0.1, 0.15) is 0 Å². The van der Waals surface area contributed by atoms with E-state index in [0.29, 0.717) is 22.8 Å². The van der Waals surface area contributed by atoms with Crippen LogP contribution in [0.25, 0.3) is 0 Å². The largest absolute Gasteiger partial charge is 0.493 e. The van der Waals surface area contributed by atoms with Crippen LogP contribution in [0, 0.1) is 13.8 Å². The van der Waals surface area contributed by atoms with E-state index in [1.54, 1.807) is 11.3 Å². The minimum atomic E-state index is -0.649. The van der Waals surface area contributed by atoms with Crippen molar-refractivity contribution in [3.63, 3.8) is 0 Å². The predicted molar refractivity (Wildman–Crippen MR) is 123 cm³/mol. The first-order chi connectivity index (χ1) is 15.4. The average Bonchev–Trinajstić information content (AvgIpc) is 3.42. The molecule has 0 saturated heterocycles. The third kappa shape index (κ3) is 4.96. The van der Waals surface area contributed by atoms with Crippen LogP contribution in [0.2, 0.25) is 0 Å². The predicted octanol–water partition coefficient (Wildman–Crippen LogP) is 4.47. The van der Waals surface area contributed by atoms with Crippen molar-refractivity contribution in [3.05, 3.63) is 63.1 Å². The molecule has 0 bridgehead atoms. The number of hydrogen-bond acceptors (Lipinski definition) is 7. The number of carbonyl (C=O) groups is 2. The molecule has 32 heavy (non-hydrogen) atoms. The fourth-order valence-corrected chi connectivity index (χ4v) is 4.29. The molecule has 0 N–H and O–H groups in total. The summed E-state index contributed by atoms with van der Waals surface area (Å²) in [5.41, 5.74) is 2.63. The summed E-state index contributed by atoms with van der Waals surface area (Å²) in [6.45, 7) is 4.32. The molecule has 0 aliphatic heterocycles. The number of thiophene rings is 1. The Labute approximate surface area is 191 Å². The molecule has 1 aromatic carbocycles. The number of rotatable bonds is 10. The monoisotopic (exact) mass is 457 g/mol. The molecule has 0 unspecified atom stereocenters. The van der Waals surface area contributed by atoms with Crippen molar-refractivity contribution in [2.75, 3.05) is 27.9 Å². The number of carbonyl (C=O) groups excluding carboxylic acids is 2. The van der Waals surface area contributed by atoms with Gasteiger partial charge in [-0.1, -0.05) is 6.07 Å². The van der Waals surface area contributed by atoms with Crippen LogP contribution in [-0.4, -0.2) is 44.3 Å². The van der Waals surface area contributed by atoms with Crippen LogP contribution in [0.15, 0.2) is 35.7 Å². The molecule has 8 heteroatoms. The molecule has 0 radical (unpaired) electrons. The first-order valence-electron chi connectivity index (χ1n) is 10.1. The van der Waals surface area contributed by atoms with Crippen molar-refractivity contribution in [1.29, 1.82) is 0 Å². The summed E-state index contributed by atoms with van der Waals surface area (Å²) in [4.78, 5) is 26.7. The molecule has 3 rings (SSSR count). The van der Waals surface area contributed by atoms with Gasteiger partial charge in [-0.2, -0.15) is 0 Å². The van der Waals surface area contributed by atoms with Crippen molar-refractivity contribution in [2.24, 2.45) is 0 Å². The van der Waals surface area contributed by atoms with E-state index in [-0.39, 0.29) is 18.0 Å². The van der Waals surface area contributed by atoms with Crippen molar-refractivity contribution in [3.8, 4) is 17.2 Å². The molecular formula is C24H27NO6S. The molecule has 2 heterocycles. The van der Waals surface area contributed by atoms with Gasteiger partial charge in [-0.15, -0.1) is 11.3 Å². The maximum absolute atomic E-state index is 12.8. The number of aromatic nitrogens is 1. The van der Waals surface area contributed by atoms with E-state index in [2.05, 4.69) is 16.0 Å². The van der Waals surface area contributed by atoms with Gasteiger partial charge in [-0.05, 0) is 49.9 Å². The Kier molecular flexibility index (Phi) is 7.58. The van der Waals surface area contributed by atoms with Crippen molar-refractivity contribution >= 4 is 23.1 Å². The van der Waals surface area contributed by atoms with Crippen LogP contribution >= 0.6 is 11.3 Å². The second-order valence-corrected chi connectivity index (χ2v) is 8.21. The highest BCUT2D eigenvalue weighted by molar-refractivity contribution is 7.09. The number of ether oxygens (including phenoxy) is 4. The zero-order chi connectivity index (χ0) is 23.3. The second kappa shape index (κ2) is 10.4. The Bertz CT molecular complexity index is 1080. The number of Topliss-reactive ketones (excluding diaryl/α,β-unsaturated/α-hetero) is 1. The first-order valence-corrected chi connectivity index (χ1v) is 11.0. The Hall–Kier alpha value is -3.26. The summed E-state index contributed by atoms with van der Waals surface area (Å²) < 4.78 is 23.2. The molecule has 0 saturated carbocycles. The summed E-state index contributed by atoms with van der Waals surface area (Å²) >= 11 is 1.72. The number of esters is 1. The number of benzene rings is 1. The SMILES string of the molecule is COc1cc(C(=O)OCC(=O)c2cc(C)n(CCc3cccs3)c2C)cc(OC)c1OC. The third-order valence-electron chi connectivity index (χ3n) is 5.27. The molecule has 0 aliphatic rings. The van der Waals surface area contributed by atoms with E-state index in [4.69, 9.17) is 18.9 Å². The summed E-state index contributed by atoms with van der Waals surface area (Å²) in [6.07, 6.45) is 0.901. The van der Waals surface area contributed by atoms with Crippen molar-refractivity contribution in [1.82, 2.24) is 4.57 Å². The fraction of sp³-hybridized carbons (Fsp3) is 0.333. The van der Waals surface area contributed by atoms with E-state index in [1.807, 2.05) is 26.0 Å². The standard InChI is InChI=1S/C24H27NO6S/c1-15-11-19(16(2)25(15)9-8-18-7-6-10-32-18)20(26)14-31-24(27)17-12-21(28-3)23(30-5)22(13-17)29-4/h6-7,10-13H,8-9,14H2,1-5H3. The normalized spacial score (nSPS) is 10.7. The van der Waals surface area contributed by atoms with Crippen molar-refractivity contribution in [2.45, 2.75) is 26.8 Å². The Morgan fingerprint density at radius 1 is 1.00 bits per heavy atom. The Morgan fingerprint density at radius 2 is 1.69 bits per heavy atom. The minimum absolute atomic E-state index is 0.203. The van der Waals surface area contributed by atoms with Gasteiger partial charge < -0.3 is 23.5 Å². The minimum Gasteiger partial charge on any atom is -0.493 e. The molecule has 170 valence electrons. The van der Waals surface area contributed by atoms with Crippen LogP contribution in [0.5, 0.6) is 17.2 Å². The number of methoxy groups -OCH3 is 3. The number of aryl methyl sites for hydroxylation is 2. The first kappa shape index (κ1) is 23.4. The average molecular weight is 458 g/mol. The molecule has 0 atom stereocenters. The fourth-order valence-electron chi connectivity index (χ4n) is 3.60. The van der Waals surface area contributed by atoms with Gasteiger partial charge >= 0.3 is 5.97 Å². The Morgan fingerprint density at radius 3 is 2.25 bits per heavy atom. The zero-order valence-electron chi connectivity index (χ0n) is 18.9. The highest BCUT2D eigenvalue weighted by atomic mass is 32.1. The lowest BCUT2D eigenvalue weighted by atomic mass is 10.1. The number of nitrogens with zero attached hydrogens (tertiary/aromatic N) is 1. The van der Waals surface area contributed by atoms with Gasteiger partial charge in [0.2, 0.25) is 11.5 Å². The molecule has 0 fully saturated rings. The maximum atomic E-state index is 12.8. The lowest BCUT2D eigenvalue weighted by Gasteiger charge is -2.13. The Balaban J connectivity index is 1.69. The quantitative estimate of drug-likeness (QED) is 0.330. The smallest absolute Gasteiger partial charge is 0.338 e. The zero-order valence-corrected chi connectivity index (χ0v) is 19.7. The third-order valence-corrected chi connectivity index (χ3v) is 6.21. The topological polar surface area (TPSA) is 76.0 Å². The summed E-state index contributed by atoms with van der Waals surface area (Å²) in [6, 6.07) is 8.97. The lowest BCUT2D eigenvalue weighted by Crippen LogP contribution is -2.15. The van der Waals surface area contributed by atoms with E-state index in [9.17, 15) is 9.59 Å². The van der Waals surface area contributed by atoms with E-state index in [1.165, 1.54) is 38.3 Å². The molecule has 3 aromatic rings. The highest BCUT2D eigenvalue weighted by Crippen LogP contribution is 2.38. The van der Waals surface area contributed by atoms with E-state index < -0.39 is 5.97 Å². The van der Waals surface area contributed by atoms with Gasteiger partial charge in [0, 0.05) is 28.4 Å². The summed E-state index contributed by atoms with van der Waals surface area (Å²) in [5.74, 6) is 0.141. The van der Waals surface area contributed by atoms with Gasteiger partial charge in [-0.3, -0.25) is 4.79 Å². The van der Waals surface area contributed by atoms with Crippen LogP contribution in [0.1, 0.15) is 37.0 Å². The maximum Gasteiger partial charge on any atom is 0.338 e. The highest BCUT2D eigenvalue weighted by Gasteiger charge is 2.21. The van der Waals surface area contributed by atoms with Gasteiger partial charge in [0.15, 0.2) is 18.1 Å². The molecule has 0 amide bonds. The second-order valence-electron chi connectivity index (χ2n) is 7.18. The van der Waals surface area contributed by atoms with Crippen LogP contribution < -0.4 is 14.2 Å². The molecule has 0 aliphatic carbocycles. The lowest BCUT2D eigenvalue weighted by molar-refractivity contribution is 0.0474.